The Morgan fingerprint density at radius 1 is 1.39 bits per heavy atom. The van der Waals surface area contributed by atoms with Gasteiger partial charge < -0.3 is 14.8 Å². The minimum atomic E-state index is -0.360. The first-order valence-corrected chi connectivity index (χ1v) is 10.8. The normalized spacial score (nSPS) is 26.9. The van der Waals surface area contributed by atoms with Gasteiger partial charge in [-0.15, -0.1) is 0 Å². The van der Waals surface area contributed by atoms with E-state index in [0.29, 0.717) is 12.0 Å². The lowest BCUT2D eigenvalue weighted by Crippen LogP contribution is -2.38. The van der Waals surface area contributed by atoms with Crippen LogP contribution in [0.1, 0.15) is 57.9 Å². The van der Waals surface area contributed by atoms with Crippen molar-refractivity contribution in [1.29, 1.82) is 0 Å². The molecule has 1 aliphatic carbocycles. The van der Waals surface area contributed by atoms with Crippen LogP contribution in [0.5, 0.6) is 0 Å². The molecule has 0 spiro atoms. The minimum Gasteiger partial charge on any atom is -0.459 e. The SMILES string of the molecule is CC1=C(C(=O)OC[C@@H]2CCCO2)[C@@H](c2ccsc2)C2=C(CC(C)(C)CC2=O)N1. The maximum absolute atomic E-state index is 13.1. The number of dihydropyridines is 1. The van der Waals surface area contributed by atoms with Crippen molar-refractivity contribution in [3.05, 3.63) is 44.9 Å². The maximum Gasteiger partial charge on any atom is 0.336 e. The number of hydrogen-bond donors (Lipinski definition) is 1. The number of ether oxygens (including phenoxy) is 2. The summed E-state index contributed by atoms with van der Waals surface area (Å²) >= 11 is 1.57. The lowest BCUT2D eigenvalue weighted by Gasteiger charge is -2.39. The fourth-order valence-electron chi connectivity index (χ4n) is 4.50. The van der Waals surface area contributed by atoms with E-state index >= 15 is 0 Å². The van der Waals surface area contributed by atoms with E-state index in [1.165, 1.54) is 0 Å². The highest BCUT2D eigenvalue weighted by molar-refractivity contribution is 7.08. The number of nitrogens with one attached hydrogen (secondary N) is 1. The second-order valence-corrected chi connectivity index (χ2v) is 9.50. The Labute approximate surface area is 169 Å². The first kappa shape index (κ1) is 19.4. The van der Waals surface area contributed by atoms with Gasteiger partial charge >= 0.3 is 5.97 Å². The van der Waals surface area contributed by atoms with Crippen molar-refractivity contribution in [2.45, 2.75) is 58.5 Å². The van der Waals surface area contributed by atoms with E-state index in [2.05, 4.69) is 19.2 Å². The van der Waals surface area contributed by atoms with Gasteiger partial charge in [0.2, 0.25) is 0 Å². The van der Waals surface area contributed by atoms with Crippen molar-refractivity contribution >= 4 is 23.1 Å². The Balaban J connectivity index is 1.67. The number of carbonyl (C=O) groups is 2. The van der Waals surface area contributed by atoms with E-state index in [4.69, 9.17) is 9.47 Å². The van der Waals surface area contributed by atoms with Crippen LogP contribution in [0, 0.1) is 5.41 Å². The molecule has 2 aliphatic heterocycles. The quantitative estimate of drug-likeness (QED) is 0.771. The third kappa shape index (κ3) is 3.67. The zero-order valence-corrected chi connectivity index (χ0v) is 17.5. The molecule has 0 amide bonds. The Hall–Kier alpha value is -1.92. The molecule has 28 heavy (non-hydrogen) atoms. The number of ketones is 1. The molecule has 6 heteroatoms. The maximum atomic E-state index is 13.1. The molecule has 0 radical (unpaired) electrons. The zero-order chi connectivity index (χ0) is 19.9. The van der Waals surface area contributed by atoms with E-state index in [1.807, 2.05) is 23.8 Å². The molecule has 3 heterocycles. The van der Waals surface area contributed by atoms with Gasteiger partial charge in [-0.1, -0.05) is 13.8 Å². The Bertz CT molecular complexity index is 844. The van der Waals surface area contributed by atoms with Gasteiger partial charge in [0.25, 0.3) is 0 Å². The predicted octanol–water partition coefficient (Wildman–Crippen LogP) is 4.07. The summed E-state index contributed by atoms with van der Waals surface area (Å²) in [6.45, 7) is 7.11. The van der Waals surface area contributed by atoms with Crippen molar-refractivity contribution in [2.24, 2.45) is 5.41 Å². The first-order chi connectivity index (χ1) is 13.4. The summed E-state index contributed by atoms with van der Waals surface area (Å²) in [5.74, 6) is -0.601. The average molecular weight is 402 g/mol. The minimum absolute atomic E-state index is 0.0205. The summed E-state index contributed by atoms with van der Waals surface area (Å²) in [5, 5.41) is 7.37. The highest BCUT2D eigenvalue weighted by Gasteiger charge is 2.43. The zero-order valence-electron chi connectivity index (χ0n) is 16.7. The average Bonchev–Trinajstić information content (AvgIpc) is 3.31. The highest BCUT2D eigenvalue weighted by atomic mass is 32.1. The number of hydrogen-bond acceptors (Lipinski definition) is 6. The molecule has 0 unspecified atom stereocenters. The second-order valence-electron chi connectivity index (χ2n) is 8.72. The van der Waals surface area contributed by atoms with Crippen LogP contribution in [0.25, 0.3) is 0 Å². The Morgan fingerprint density at radius 3 is 2.89 bits per heavy atom. The summed E-state index contributed by atoms with van der Waals surface area (Å²) in [5.41, 5.74) is 3.90. The smallest absolute Gasteiger partial charge is 0.336 e. The molecule has 1 saturated heterocycles. The fraction of sp³-hybridized carbons (Fsp3) is 0.545. The number of Topliss-reactive ketones (excluding diaryl/α,β-unsaturated/α-hetero) is 1. The summed E-state index contributed by atoms with van der Waals surface area (Å²) in [4.78, 5) is 26.2. The molecule has 5 nitrogen and oxygen atoms in total. The van der Waals surface area contributed by atoms with Crippen LogP contribution in [0.3, 0.4) is 0 Å². The molecule has 0 saturated carbocycles. The molecule has 4 rings (SSSR count). The van der Waals surface area contributed by atoms with Crippen LogP contribution < -0.4 is 5.32 Å². The van der Waals surface area contributed by atoms with E-state index in [0.717, 1.165) is 48.4 Å². The van der Waals surface area contributed by atoms with Crippen LogP contribution >= 0.6 is 11.3 Å². The van der Waals surface area contributed by atoms with Crippen molar-refractivity contribution in [2.75, 3.05) is 13.2 Å². The van der Waals surface area contributed by atoms with Crippen molar-refractivity contribution in [3.63, 3.8) is 0 Å². The topological polar surface area (TPSA) is 64.6 Å². The number of carbonyl (C=O) groups excluding carboxylic acids is 2. The summed E-state index contributed by atoms with van der Waals surface area (Å²) in [6.07, 6.45) is 3.19. The molecule has 3 aliphatic rings. The molecule has 0 bridgehead atoms. The van der Waals surface area contributed by atoms with E-state index < -0.39 is 0 Å². The molecule has 1 aromatic heterocycles. The largest absolute Gasteiger partial charge is 0.459 e. The van der Waals surface area contributed by atoms with E-state index in [1.54, 1.807) is 11.3 Å². The van der Waals surface area contributed by atoms with Crippen LogP contribution in [0.15, 0.2) is 39.4 Å². The fourth-order valence-corrected chi connectivity index (χ4v) is 5.19. The van der Waals surface area contributed by atoms with Gasteiger partial charge in [0.05, 0.1) is 11.7 Å². The van der Waals surface area contributed by atoms with Crippen LogP contribution in [0.2, 0.25) is 0 Å². The van der Waals surface area contributed by atoms with E-state index in [-0.39, 0.29) is 35.8 Å². The van der Waals surface area contributed by atoms with Gasteiger partial charge in [-0.3, -0.25) is 4.79 Å². The molecule has 1 N–H and O–H groups in total. The molecule has 0 aromatic carbocycles. The predicted molar refractivity (Wildman–Crippen MR) is 108 cm³/mol. The van der Waals surface area contributed by atoms with E-state index in [9.17, 15) is 9.59 Å². The molecule has 1 fully saturated rings. The Kier molecular flexibility index (Phi) is 5.19. The summed E-state index contributed by atoms with van der Waals surface area (Å²) in [6, 6.07) is 2.00. The lowest BCUT2D eigenvalue weighted by atomic mass is 9.69. The monoisotopic (exact) mass is 401 g/mol. The number of thiophene rings is 1. The molecule has 150 valence electrons. The third-order valence-electron chi connectivity index (χ3n) is 5.76. The summed E-state index contributed by atoms with van der Waals surface area (Å²) in [7, 11) is 0. The van der Waals surface area contributed by atoms with Crippen LogP contribution in [-0.2, 0) is 19.1 Å². The standard InChI is InChI=1S/C22H27NO4S/c1-13-18(21(25)27-11-15-5-4-7-26-15)19(14-6-8-28-12-14)20-16(23-13)9-22(2,3)10-17(20)24/h6,8,12,15,19,23H,4-5,7,9-11H2,1-3H3/t15-,19+/m0/s1. The van der Waals surface area contributed by atoms with Gasteiger partial charge in [-0.05, 0) is 54.0 Å². The van der Waals surface area contributed by atoms with Gasteiger partial charge in [0.15, 0.2) is 5.78 Å². The Morgan fingerprint density at radius 2 is 2.21 bits per heavy atom. The number of rotatable bonds is 4. The molecular weight excluding hydrogens is 374 g/mol. The lowest BCUT2D eigenvalue weighted by molar-refractivity contribution is -0.142. The van der Waals surface area contributed by atoms with Crippen LogP contribution in [-0.4, -0.2) is 31.1 Å². The molecule has 2 atom stereocenters. The van der Waals surface area contributed by atoms with Gasteiger partial charge in [0, 0.05) is 35.9 Å². The van der Waals surface area contributed by atoms with Crippen LogP contribution in [0.4, 0.5) is 0 Å². The van der Waals surface area contributed by atoms with Crippen molar-refractivity contribution in [3.8, 4) is 0 Å². The van der Waals surface area contributed by atoms with Gasteiger partial charge in [-0.2, -0.15) is 11.3 Å². The molecular formula is C22H27NO4S. The second kappa shape index (κ2) is 7.48. The van der Waals surface area contributed by atoms with Gasteiger partial charge in [0.1, 0.15) is 6.61 Å². The number of esters is 1. The first-order valence-electron chi connectivity index (χ1n) is 9.90. The van der Waals surface area contributed by atoms with Crippen molar-refractivity contribution < 1.29 is 19.1 Å². The number of allylic oxidation sites excluding steroid dienone is 3. The third-order valence-corrected chi connectivity index (χ3v) is 6.46. The highest BCUT2D eigenvalue weighted by Crippen LogP contribution is 2.47. The van der Waals surface area contributed by atoms with Crippen molar-refractivity contribution in [1.82, 2.24) is 5.32 Å². The van der Waals surface area contributed by atoms with Gasteiger partial charge in [-0.25, -0.2) is 4.79 Å². The summed E-state index contributed by atoms with van der Waals surface area (Å²) < 4.78 is 11.2. The molecule has 1 aromatic rings.